The number of piperidine rings is 1. The molecule has 200 valence electrons. The highest BCUT2D eigenvalue weighted by atomic mass is 16.5. The van der Waals surface area contributed by atoms with E-state index in [1.54, 1.807) is 0 Å². The standard InChI is InChI=1S/C32H35N5O2/c1-2-12-29-25(9-1)24-39-32(29)13-18-35(19-14-32)15-7-8-20-38-31(30-23-28-11-4-6-17-37(28)34-30)22-26-21-27-10-3-5-16-36(27)33-26/h1-6,9-12,16-17,21,23,31H,7-8,13-15,18-20,22,24H2. The Morgan fingerprint density at radius 3 is 2.38 bits per heavy atom. The van der Waals surface area contributed by atoms with E-state index in [-0.39, 0.29) is 11.7 Å². The van der Waals surface area contributed by atoms with Crippen molar-refractivity contribution in [3.8, 4) is 0 Å². The van der Waals surface area contributed by atoms with E-state index >= 15 is 0 Å². The average molecular weight is 522 g/mol. The molecule has 0 bridgehead atoms. The number of ether oxygens (including phenoxy) is 2. The second-order valence-corrected chi connectivity index (χ2v) is 10.9. The van der Waals surface area contributed by atoms with Crippen molar-refractivity contribution in [3.63, 3.8) is 0 Å². The minimum absolute atomic E-state index is 0.0601. The Hall–Kier alpha value is -3.52. The Morgan fingerprint density at radius 2 is 1.59 bits per heavy atom. The first-order valence-corrected chi connectivity index (χ1v) is 14.2. The highest BCUT2D eigenvalue weighted by Gasteiger charge is 2.42. The summed E-state index contributed by atoms with van der Waals surface area (Å²) in [5.74, 6) is 0. The van der Waals surface area contributed by atoms with Gasteiger partial charge in [0.15, 0.2) is 0 Å². The summed E-state index contributed by atoms with van der Waals surface area (Å²) in [4.78, 5) is 2.59. The van der Waals surface area contributed by atoms with Crippen LogP contribution in [0.15, 0.2) is 85.2 Å². The van der Waals surface area contributed by atoms with Crippen molar-refractivity contribution in [3.05, 3.63) is 108 Å². The molecule has 7 heteroatoms. The van der Waals surface area contributed by atoms with Gasteiger partial charge in [-0.25, -0.2) is 9.03 Å². The van der Waals surface area contributed by atoms with Gasteiger partial charge in [-0.3, -0.25) is 0 Å². The molecule has 1 fully saturated rings. The molecule has 1 unspecified atom stereocenters. The summed E-state index contributed by atoms with van der Waals surface area (Å²) < 4.78 is 16.7. The van der Waals surface area contributed by atoms with Gasteiger partial charge in [0.1, 0.15) is 6.10 Å². The van der Waals surface area contributed by atoms with Crippen LogP contribution in [0.2, 0.25) is 0 Å². The number of nitrogens with zero attached hydrogens (tertiary/aromatic N) is 5. The Balaban J connectivity index is 0.947. The van der Waals surface area contributed by atoms with Crippen molar-refractivity contribution in [1.82, 2.24) is 24.1 Å². The molecule has 0 radical (unpaired) electrons. The van der Waals surface area contributed by atoms with Gasteiger partial charge in [-0.05, 0) is 79.8 Å². The average Bonchev–Trinajstić information content (AvgIpc) is 3.69. The summed E-state index contributed by atoms with van der Waals surface area (Å²) in [5, 5.41) is 9.59. The van der Waals surface area contributed by atoms with E-state index < -0.39 is 0 Å². The van der Waals surface area contributed by atoms with Crippen LogP contribution in [-0.2, 0) is 28.1 Å². The van der Waals surface area contributed by atoms with Crippen molar-refractivity contribution < 1.29 is 9.47 Å². The van der Waals surface area contributed by atoms with Gasteiger partial charge in [0.25, 0.3) is 0 Å². The monoisotopic (exact) mass is 521 g/mol. The number of likely N-dealkylation sites (tertiary alicyclic amines) is 1. The molecule has 4 aromatic heterocycles. The van der Waals surface area contributed by atoms with E-state index in [1.807, 2.05) is 45.7 Å². The van der Waals surface area contributed by atoms with Crippen LogP contribution in [0.4, 0.5) is 0 Å². The molecule has 2 aliphatic rings. The van der Waals surface area contributed by atoms with Gasteiger partial charge in [-0.2, -0.15) is 10.2 Å². The number of pyridine rings is 2. The van der Waals surface area contributed by atoms with E-state index in [0.29, 0.717) is 13.0 Å². The fraction of sp³-hybridized carbons (Fsp3) is 0.375. The largest absolute Gasteiger partial charge is 0.371 e. The van der Waals surface area contributed by atoms with E-state index in [0.717, 1.165) is 74.3 Å². The number of benzene rings is 1. The molecule has 0 saturated carbocycles. The first-order valence-electron chi connectivity index (χ1n) is 14.2. The molecule has 1 spiro atoms. The quantitative estimate of drug-likeness (QED) is 0.237. The predicted octanol–water partition coefficient (Wildman–Crippen LogP) is 5.58. The topological polar surface area (TPSA) is 56.3 Å². The van der Waals surface area contributed by atoms with Crippen molar-refractivity contribution >= 4 is 11.0 Å². The number of aromatic nitrogens is 4. The second kappa shape index (κ2) is 10.6. The van der Waals surface area contributed by atoms with Gasteiger partial charge in [-0.15, -0.1) is 0 Å². The van der Waals surface area contributed by atoms with Crippen LogP contribution in [0.5, 0.6) is 0 Å². The summed E-state index contributed by atoms with van der Waals surface area (Å²) in [6.07, 6.45) is 8.83. The first-order chi connectivity index (χ1) is 19.3. The Morgan fingerprint density at radius 1 is 0.846 bits per heavy atom. The zero-order valence-corrected chi connectivity index (χ0v) is 22.3. The third kappa shape index (κ3) is 4.98. The van der Waals surface area contributed by atoms with E-state index in [4.69, 9.17) is 19.7 Å². The smallest absolute Gasteiger partial charge is 0.107 e. The molecular formula is C32H35N5O2. The zero-order valence-electron chi connectivity index (χ0n) is 22.3. The Bertz CT molecular complexity index is 1500. The molecule has 39 heavy (non-hydrogen) atoms. The van der Waals surface area contributed by atoms with Crippen LogP contribution in [0.3, 0.4) is 0 Å². The normalized spacial score (nSPS) is 17.7. The lowest BCUT2D eigenvalue weighted by Gasteiger charge is -2.39. The number of unbranched alkanes of at least 4 members (excludes halogenated alkanes) is 1. The van der Waals surface area contributed by atoms with Crippen molar-refractivity contribution in [1.29, 1.82) is 0 Å². The molecule has 7 nitrogen and oxygen atoms in total. The highest BCUT2D eigenvalue weighted by molar-refractivity contribution is 5.49. The molecule has 5 aromatic rings. The highest BCUT2D eigenvalue weighted by Crippen LogP contribution is 2.43. The summed E-state index contributed by atoms with van der Waals surface area (Å²) in [5.41, 5.74) is 6.87. The van der Waals surface area contributed by atoms with Crippen LogP contribution < -0.4 is 0 Å². The summed E-state index contributed by atoms with van der Waals surface area (Å²) >= 11 is 0. The van der Waals surface area contributed by atoms with Crippen LogP contribution in [0.1, 0.15) is 54.3 Å². The molecule has 7 rings (SSSR count). The summed E-state index contributed by atoms with van der Waals surface area (Å²) in [7, 11) is 0. The molecule has 1 aromatic carbocycles. The van der Waals surface area contributed by atoms with Crippen molar-refractivity contribution in [2.45, 2.75) is 50.4 Å². The molecule has 6 heterocycles. The van der Waals surface area contributed by atoms with Gasteiger partial charge >= 0.3 is 0 Å². The van der Waals surface area contributed by atoms with E-state index in [9.17, 15) is 0 Å². The minimum Gasteiger partial charge on any atom is -0.371 e. The fourth-order valence-corrected chi connectivity index (χ4v) is 6.24. The molecule has 1 atom stereocenters. The maximum absolute atomic E-state index is 6.50. The van der Waals surface area contributed by atoms with Crippen molar-refractivity contribution in [2.75, 3.05) is 26.2 Å². The molecule has 2 aliphatic heterocycles. The second-order valence-electron chi connectivity index (χ2n) is 10.9. The van der Waals surface area contributed by atoms with E-state index in [2.05, 4.69) is 53.4 Å². The van der Waals surface area contributed by atoms with Gasteiger partial charge in [-0.1, -0.05) is 36.4 Å². The Labute approximate surface area is 229 Å². The number of hydrogen-bond acceptors (Lipinski definition) is 5. The van der Waals surface area contributed by atoms with Gasteiger partial charge in [0.2, 0.25) is 0 Å². The van der Waals surface area contributed by atoms with Crippen LogP contribution in [0, 0.1) is 0 Å². The van der Waals surface area contributed by atoms with Crippen LogP contribution in [0.25, 0.3) is 11.0 Å². The molecule has 0 N–H and O–H groups in total. The van der Waals surface area contributed by atoms with E-state index in [1.165, 1.54) is 11.1 Å². The maximum Gasteiger partial charge on any atom is 0.107 e. The minimum atomic E-state index is -0.135. The third-order valence-corrected chi connectivity index (χ3v) is 8.40. The lowest BCUT2D eigenvalue weighted by molar-refractivity contribution is -0.0790. The van der Waals surface area contributed by atoms with Crippen molar-refractivity contribution in [2.24, 2.45) is 0 Å². The Kier molecular flexibility index (Phi) is 6.64. The van der Waals surface area contributed by atoms with Crippen LogP contribution in [-0.4, -0.2) is 50.4 Å². The van der Waals surface area contributed by atoms with Gasteiger partial charge in [0.05, 0.1) is 34.6 Å². The summed E-state index contributed by atoms with van der Waals surface area (Å²) in [6, 6.07) is 25.3. The lowest BCUT2D eigenvalue weighted by Crippen LogP contribution is -2.42. The van der Waals surface area contributed by atoms with Gasteiger partial charge in [0, 0.05) is 38.5 Å². The predicted molar refractivity (Wildman–Crippen MR) is 151 cm³/mol. The number of fused-ring (bicyclic) bond motifs is 4. The number of hydrogen-bond donors (Lipinski definition) is 0. The fourth-order valence-electron chi connectivity index (χ4n) is 6.24. The molecule has 0 aliphatic carbocycles. The third-order valence-electron chi connectivity index (χ3n) is 8.40. The molecular weight excluding hydrogens is 486 g/mol. The summed E-state index contributed by atoms with van der Waals surface area (Å²) in [6.45, 7) is 4.75. The lowest BCUT2D eigenvalue weighted by atomic mass is 9.84. The molecule has 1 saturated heterocycles. The maximum atomic E-state index is 6.50. The number of rotatable bonds is 9. The van der Waals surface area contributed by atoms with Gasteiger partial charge < -0.3 is 14.4 Å². The zero-order chi connectivity index (χ0) is 26.1. The SMILES string of the molecule is c1ccc2c(c1)COC21CCN(CCCCOC(Cc2cc3ccccn3n2)c2cc3ccccn3n2)CC1. The van der Waals surface area contributed by atoms with Crippen LogP contribution >= 0.6 is 0 Å². The first kappa shape index (κ1) is 24.5. The molecule has 0 amide bonds.